The fourth-order valence-corrected chi connectivity index (χ4v) is 2.09. The molecule has 0 N–H and O–H groups in total. The third kappa shape index (κ3) is 3.32. The van der Waals surface area contributed by atoms with Crippen molar-refractivity contribution in [3.63, 3.8) is 0 Å². The lowest BCUT2D eigenvalue weighted by Crippen LogP contribution is -2.34. The zero-order valence-electron chi connectivity index (χ0n) is 11.6. The van der Waals surface area contributed by atoms with Crippen molar-refractivity contribution in [2.45, 2.75) is 34.1 Å². The summed E-state index contributed by atoms with van der Waals surface area (Å²) in [6.07, 6.45) is 1.94. The molecule has 0 amide bonds. The summed E-state index contributed by atoms with van der Waals surface area (Å²) in [5, 5.41) is 0. The van der Waals surface area contributed by atoms with Crippen molar-refractivity contribution in [1.29, 1.82) is 0 Å². The highest BCUT2D eigenvalue weighted by atomic mass is 16.1. The van der Waals surface area contributed by atoms with Gasteiger partial charge in [0.25, 0.3) is 0 Å². The Hall–Kier alpha value is -1.31. The van der Waals surface area contributed by atoms with Crippen LogP contribution in [0.3, 0.4) is 0 Å². The fourth-order valence-electron chi connectivity index (χ4n) is 2.09. The van der Waals surface area contributed by atoms with Gasteiger partial charge in [0.1, 0.15) is 6.29 Å². The van der Waals surface area contributed by atoms with Gasteiger partial charge in [0.15, 0.2) is 0 Å². The Labute approximate surface area is 105 Å². The molecule has 0 fully saturated rings. The Morgan fingerprint density at radius 1 is 1.35 bits per heavy atom. The minimum absolute atomic E-state index is 0.258. The van der Waals surface area contributed by atoms with Crippen LogP contribution in [0.25, 0.3) is 0 Å². The lowest BCUT2D eigenvalue weighted by molar-refractivity contribution is -0.115. The van der Waals surface area contributed by atoms with E-state index in [2.05, 4.69) is 50.9 Å². The number of hydrogen-bond donors (Lipinski definition) is 0. The maximum absolute atomic E-state index is 11.1. The minimum Gasteiger partial charge on any atom is -0.373 e. The van der Waals surface area contributed by atoms with Crippen LogP contribution in [0.4, 0.5) is 5.69 Å². The molecule has 2 nitrogen and oxygen atoms in total. The van der Waals surface area contributed by atoms with Crippen LogP contribution in [0.2, 0.25) is 0 Å². The van der Waals surface area contributed by atoms with Gasteiger partial charge in [-0.1, -0.05) is 31.5 Å². The first-order chi connectivity index (χ1) is 7.91. The summed E-state index contributed by atoms with van der Waals surface area (Å²) in [5.74, 6) is 0. The number of carbonyl (C=O) groups is 1. The van der Waals surface area contributed by atoms with Gasteiger partial charge in [0.05, 0.1) is 0 Å². The number of aryl methyl sites for hydroxylation is 2. The molecule has 0 saturated heterocycles. The van der Waals surface area contributed by atoms with Crippen LogP contribution in [0.15, 0.2) is 18.2 Å². The predicted molar refractivity (Wildman–Crippen MR) is 73.6 cm³/mol. The number of hydrogen-bond acceptors (Lipinski definition) is 2. The van der Waals surface area contributed by atoms with E-state index in [1.165, 1.54) is 16.8 Å². The predicted octanol–water partition coefficient (Wildman–Crippen LogP) is 3.35. The zero-order valence-corrected chi connectivity index (χ0v) is 11.6. The Morgan fingerprint density at radius 3 is 2.47 bits per heavy atom. The van der Waals surface area contributed by atoms with Crippen molar-refractivity contribution in [2.75, 3.05) is 18.5 Å². The van der Waals surface area contributed by atoms with E-state index in [0.29, 0.717) is 0 Å². The van der Waals surface area contributed by atoms with Crippen molar-refractivity contribution < 1.29 is 4.79 Å². The summed E-state index contributed by atoms with van der Waals surface area (Å²) in [6.45, 7) is 9.04. The second-order valence-corrected chi connectivity index (χ2v) is 5.27. The third-order valence-corrected chi connectivity index (χ3v) is 3.45. The van der Waals surface area contributed by atoms with E-state index in [0.717, 1.165) is 19.3 Å². The minimum atomic E-state index is -0.258. The molecule has 0 aliphatic carbocycles. The number of rotatable bonds is 5. The van der Waals surface area contributed by atoms with Gasteiger partial charge < -0.3 is 9.69 Å². The van der Waals surface area contributed by atoms with Gasteiger partial charge in [-0.05, 0) is 31.9 Å². The molecule has 1 atom stereocenters. The highest BCUT2D eigenvalue weighted by Crippen LogP contribution is 2.25. The molecule has 1 aromatic carbocycles. The number of benzene rings is 1. The largest absolute Gasteiger partial charge is 0.373 e. The molecule has 0 aliphatic rings. The standard InChI is InChI=1S/C15H23NO/c1-6-15(4,11-17)10-16(5)14-8-7-12(2)9-13(14)3/h7-9,11H,6,10H2,1-5H3. The van der Waals surface area contributed by atoms with Gasteiger partial charge >= 0.3 is 0 Å². The average molecular weight is 233 g/mol. The van der Waals surface area contributed by atoms with E-state index in [1.54, 1.807) is 0 Å². The number of aldehydes is 1. The van der Waals surface area contributed by atoms with Crippen LogP contribution < -0.4 is 4.90 Å². The smallest absolute Gasteiger partial charge is 0.127 e. The van der Waals surface area contributed by atoms with E-state index >= 15 is 0 Å². The second-order valence-electron chi connectivity index (χ2n) is 5.27. The van der Waals surface area contributed by atoms with E-state index in [-0.39, 0.29) is 5.41 Å². The molecular formula is C15H23NO. The number of nitrogens with zero attached hydrogens (tertiary/aromatic N) is 1. The quantitative estimate of drug-likeness (QED) is 0.727. The van der Waals surface area contributed by atoms with Crippen molar-refractivity contribution >= 4 is 12.0 Å². The first kappa shape index (κ1) is 13.8. The van der Waals surface area contributed by atoms with Gasteiger partial charge in [0, 0.05) is 24.7 Å². The summed E-state index contributed by atoms with van der Waals surface area (Å²) in [7, 11) is 2.05. The molecule has 0 aliphatic heterocycles. The summed E-state index contributed by atoms with van der Waals surface area (Å²) in [6, 6.07) is 6.42. The van der Waals surface area contributed by atoms with E-state index in [1.807, 2.05) is 6.92 Å². The Bertz CT molecular complexity index is 400. The SMILES string of the molecule is CCC(C)(C=O)CN(C)c1ccc(C)cc1C. The van der Waals surface area contributed by atoms with Crippen LogP contribution in [0.5, 0.6) is 0 Å². The van der Waals surface area contributed by atoms with Crippen molar-refractivity contribution in [3.8, 4) is 0 Å². The van der Waals surface area contributed by atoms with Crippen molar-refractivity contribution in [1.82, 2.24) is 0 Å². The Morgan fingerprint density at radius 2 is 2.00 bits per heavy atom. The van der Waals surface area contributed by atoms with Gasteiger partial charge in [-0.2, -0.15) is 0 Å². The lowest BCUT2D eigenvalue weighted by Gasteiger charge is -2.30. The maximum Gasteiger partial charge on any atom is 0.127 e. The van der Waals surface area contributed by atoms with Gasteiger partial charge in [0.2, 0.25) is 0 Å². The first-order valence-corrected chi connectivity index (χ1v) is 6.16. The number of anilines is 1. The maximum atomic E-state index is 11.1. The molecule has 0 spiro atoms. The monoisotopic (exact) mass is 233 g/mol. The van der Waals surface area contributed by atoms with E-state index < -0.39 is 0 Å². The van der Waals surface area contributed by atoms with Crippen molar-refractivity contribution in [2.24, 2.45) is 5.41 Å². The normalized spacial score (nSPS) is 14.2. The molecule has 2 heteroatoms. The second kappa shape index (κ2) is 5.35. The summed E-state index contributed by atoms with van der Waals surface area (Å²) >= 11 is 0. The summed E-state index contributed by atoms with van der Waals surface area (Å²) in [4.78, 5) is 13.3. The zero-order chi connectivity index (χ0) is 13.1. The molecule has 0 aromatic heterocycles. The Balaban J connectivity index is 2.89. The molecule has 0 bridgehead atoms. The third-order valence-electron chi connectivity index (χ3n) is 3.45. The van der Waals surface area contributed by atoms with Crippen LogP contribution >= 0.6 is 0 Å². The molecule has 0 radical (unpaired) electrons. The van der Waals surface area contributed by atoms with E-state index in [4.69, 9.17) is 0 Å². The molecule has 17 heavy (non-hydrogen) atoms. The fraction of sp³-hybridized carbons (Fsp3) is 0.533. The molecule has 1 rings (SSSR count). The topological polar surface area (TPSA) is 20.3 Å². The molecule has 0 saturated carbocycles. The Kier molecular flexibility index (Phi) is 4.33. The highest BCUT2D eigenvalue weighted by Gasteiger charge is 2.23. The summed E-state index contributed by atoms with van der Waals surface area (Å²) in [5.41, 5.74) is 3.48. The van der Waals surface area contributed by atoms with Crippen molar-refractivity contribution in [3.05, 3.63) is 29.3 Å². The molecule has 94 valence electrons. The van der Waals surface area contributed by atoms with Gasteiger partial charge in [-0.3, -0.25) is 0 Å². The van der Waals surface area contributed by atoms with Gasteiger partial charge in [-0.15, -0.1) is 0 Å². The van der Waals surface area contributed by atoms with Crippen LogP contribution in [0.1, 0.15) is 31.4 Å². The molecular weight excluding hydrogens is 210 g/mol. The van der Waals surface area contributed by atoms with Gasteiger partial charge in [-0.25, -0.2) is 0 Å². The highest BCUT2D eigenvalue weighted by molar-refractivity contribution is 5.62. The van der Waals surface area contributed by atoms with E-state index in [9.17, 15) is 4.79 Å². The first-order valence-electron chi connectivity index (χ1n) is 6.16. The lowest BCUT2D eigenvalue weighted by atomic mass is 9.88. The molecule has 1 unspecified atom stereocenters. The van der Waals surface area contributed by atoms with Crippen LogP contribution in [0, 0.1) is 19.3 Å². The molecule has 1 aromatic rings. The number of carbonyl (C=O) groups excluding carboxylic acids is 1. The molecule has 0 heterocycles. The van der Waals surface area contributed by atoms with Crippen LogP contribution in [-0.4, -0.2) is 19.9 Å². The van der Waals surface area contributed by atoms with Crippen LogP contribution in [-0.2, 0) is 4.79 Å². The summed E-state index contributed by atoms with van der Waals surface area (Å²) < 4.78 is 0. The average Bonchev–Trinajstić information content (AvgIpc) is 2.28.